The van der Waals surface area contributed by atoms with Crippen LogP contribution in [0.4, 0.5) is 35.1 Å². The van der Waals surface area contributed by atoms with Crippen LogP contribution in [0, 0.1) is 6.92 Å². The summed E-state index contributed by atoms with van der Waals surface area (Å²) < 4.78 is 110. The van der Waals surface area contributed by atoms with Gasteiger partial charge in [0.25, 0.3) is 5.95 Å². The molecule has 3 rings (SSSR count). The van der Waals surface area contributed by atoms with E-state index in [9.17, 15) is 35.1 Å². The van der Waals surface area contributed by atoms with E-state index in [-0.39, 0.29) is 16.1 Å². The van der Waals surface area contributed by atoms with Crippen LogP contribution in [0.15, 0.2) is 34.9 Å². The van der Waals surface area contributed by atoms with Gasteiger partial charge < -0.3 is 4.42 Å². The van der Waals surface area contributed by atoms with Gasteiger partial charge in [0.05, 0.1) is 12.0 Å². The molecule has 3 aromatic heterocycles. The highest BCUT2D eigenvalue weighted by Crippen LogP contribution is 2.44. The Kier molecular flexibility index (Phi) is 4.43. The molecule has 0 unspecified atom stereocenters. The van der Waals surface area contributed by atoms with E-state index in [0.717, 1.165) is 13.2 Å². The van der Waals surface area contributed by atoms with Gasteiger partial charge in [-0.2, -0.15) is 44.9 Å². The van der Waals surface area contributed by atoms with Gasteiger partial charge in [-0.1, -0.05) is 0 Å². The van der Waals surface area contributed by atoms with Crippen molar-refractivity contribution in [1.29, 1.82) is 0 Å². The van der Waals surface area contributed by atoms with Gasteiger partial charge in [0.1, 0.15) is 11.4 Å². The number of hydrogen-bond acceptors (Lipinski definition) is 4. The quantitative estimate of drug-likeness (QED) is 0.574. The van der Waals surface area contributed by atoms with E-state index in [1.54, 1.807) is 0 Å². The van der Waals surface area contributed by atoms with Crippen LogP contribution in [-0.4, -0.2) is 25.9 Å². The number of halogens is 8. The van der Waals surface area contributed by atoms with Crippen LogP contribution in [-0.2, 0) is 12.1 Å². The van der Waals surface area contributed by atoms with Crippen LogP contribution in [0.2, 0.25) is 0 Å². The van der Waals surface area contributed by atoms with Gasteiger partial charge in [-0.05, 0) is 31.2 Å². The minimum atomic E-state index is -6.01. The van der Waals surface area contributed by atoms with Gasteiger partial charge in [-0.3, -0.25) is 0 Å². The standard InChI is InChI=1S/C15H8F8N4O/c1-7-5-11(13(16,17)15(21,22)23)27(26-7)12-24-8(9-3-2-4-28-9)6-10(25-12)14(18,19)20/h2-6H,1H3. The summed E-state index contributed by atoms with van der Waals surface area (Å²) in [5.41, 5.74) is -4.07. The predicted molar refractivity (Wildman–Crippen MR) is 76.5 cm³/mol. The molecule has 0 N–H and O–H groups in total. The van der Waals surface area contributed by atoms with Crippen molar-refractivity contribution in [2.45, 2.75) is 25.2 Å². The summed E-state index contributed by atoms with van der Waals surface area (Å²) in [6, 6.07) is 3.42. The van der Waals surface area contributed by atoms with Crippen molar-refractivity contribution in [3.8, 4) is 17.4 Å². The number of alkyl halides is 8. The molecule has 0 bridgehead atoms. The van der Waals surface area contributed by atoms with Crippen molar-refractivity contribution in [3.05, 3.63) is 47.6 Å². The fourth-order valence-electron chi connectivity index (χ4n) is 2.25. The van der Waals surface area contributed by atoms with Gasteiger partial charge in [0.15, 0.2) is 11.5 Å². The Morgan fingerprint density at radius 3 is 2.18 bits per heavy atom. The minimum absolute atomic E-state index is 0.0650. The molecule has 0 radical (unpaired) electrons. The second-order valence-corrected chi connectivity index (χ2v) is 5.57. The average molecular weight is 412 g/mol. The summed E-state index contributed by atoms with van der Waals surface area (Å²) in [6.45, 7) is 1.09. The Balaban J connectivity index is 2.27. The van der Waals surface area contributed by atoms with E-state index in [1.807, 2.05) is 0 Å². The van der Waals surface area contributed by atoms with Crippen molar-refractivity contribution in [2.75, 3.05) is 0 Å². The first-order chi connectivity index (χ1) is 12.8. The topological polar surface area (TPSA) is 56.7 Å². The predicted octanol–water partition coefficient (Wildman–Crippen LogP) is 4.90. The molecule has 0 saturated carbocycles. The summed E-state index contributed by atoms with van der Waals surface area (Å²) >= 11 is 0. The molecule has 0 amide bonds. The number of furan rings is 1. The summed E-state index contributed by atoms with van der Waals surface area (Å²) in [4.78, 5) is 6.70. The van der Waals surface area contributed by atoms with Crippen molar-refractivity contribution in [1.82, 2.24) is 19.7 Å². The Bertz CT molecular complexity index is 989. The van der Waals surface area contributed by atoms with Crippen LogP contribution >= 0.6 is 0 Å². The normalized spacial score (nSPS) is 13.2. The summed E-state index contributed by atoms with van der Waals surface area (Å²) in [5.74, 6) is -6.70. The first kappa shape index (κ1) is 19.8. The lowest BCUT2D eigenvalue weighted by molar-refractivity contribution is -0.291. The smallest absolute Gasteiger partial charge is 0.459 e. The SMILES string of the molecule is Cc1cc(C(F)(F)C(F)(F)F)n(-c2nc(-c3ccco3)cc(C(F)(F)F)n2)n1. The molecule has 13 heteroatoms. The molecule has 0 aliphatic rings. The first-order valence-corrected chi connectivity index (χ1v) is 7.33. The summed E-state index contributed by atoms with van der Waals surface area (Å²) in [5, 5.41) is 3.42. The van der Waals surface area contributed by atoms with Gasteiger partial charge in [-0.25, -0.2) is 9.97 Å². The summed E-state index contributed by atoms with van der Waals surface area (Å²) in [7, 11) is 0. The van der Waals surface area contributed by atoms with Gasteiger partial charge >= 0.3 is 18.3 Å². The molecule has 0 aliphatic carbocycles. The van der Waals surface area contributed by atoms with Crippen molar-refractivity contribution >= 4 is 0 Å². The second-order valence-electron chi connectivity index (χ2n) is 5.57. The van der Waals surface area contributed by atoms with Crippen molar-refractivity contribution in [2.24, 2.45) is 0 Å². The highest BCUT2D eigenvalue weighted by Gasteiger charge is 2.61. The maximum absolute atomic E-state index is 13.8. The van der Waals surface area contributed by atoms with Crippen molar-refractivity contribution in [3.63, 3.8) is 0 Å². The molecule has 5 nitrogen and oxygen atoms in total. The van der Waals surface area contributed by atoms with E-state index >= 15 is 0 Å². The third-order valence-corrected chi connectivity index (χ3v) is 3.48. The fraction of sp³-hybridized carbons (Fsp3) is 0.267. The molecule has 0 aliphatic heterocycles. The molecule has 3 heterocycles. The highest BCUT2D eigenvalue weighted by molar-refractivity contribution is 5.53. The van der Waals surface area contributed by atoms with Crippen LogP contribution in [0.5, 0.6) is 0 Å². The third kappa shape index (κ3) is 3.43. The average Bonchev–Trinajstić information content (AvgIpc) is 3.22. The molecule has 0 aromatic carbocycles. The molecule has 0 saturated heterocycles. The van der Waals surface area contributed by atoms with Gasteiger partial charge in [0, 0.05) is 0 Å². The molecule has 150 valence electrons. The van der Waals surface area contributed by atoms with Crippen LogP contribution < -0.4 is 0 Å². The number of nitrogens with zero attached hydrogens (tertiary/aromatic N) is 4. The van der Waals surface area contributed by atoms with Crippen LogP contribution in [0.25, 0.3) is 17.4 Å². The first-order valence-electron chi connectivity index (χ1n) is 7.33. The molecule has 0 atom stereocenters. The second kappa shape index (κ2) is 6.27. The fourth-order valence-corrected chi connectivity index (χ4v) is 2.25. The minimum Gasteiger partial charge on any atom is -0.463 e. The maximum atomic E-state index is 13.8. The largest absolute Gasteiger partial charge is 0.463 e. The number of aryl methyl sites for hydroxylation is 1. The number of hydrogen-bond donors (Lipinski definition) is 0. The lowest BCUT2D eigenvalue weighted by Crippen LogP contribution is -2.36. The zero-order valence-corrected chi connectivity index (χ0v) is 13.6. The van der Waals surface area contributed by atoms with Gasteiger partial charge in [-0.15, -0.1) is 0 Å². The molecule has 3 aromatic rings. The Hall–Kier alpha value is -2.99. The van der Waals surface area contributed by atoms with Crippen LogP contribution in [0.3, 0.4) is 0 Å². The zero-order valence-electron chi connectivity index (χ0n) is 13.6. The molecule has 0 fully saturated rings. The Labute approximate surface area is 150 Å². The molecule has 28 heavy (non-hydrogen) atoms. The van der Waals surface area contributed by atoms with E-state index in [1.165, 1.54) is 12.1 Å². The van der Waals surface area contributed by atoms with Crippen LogP contribution in [0.1, 0.15) is 17.1 Å². The van der Waals surface area contributed by atoms with E-state index in [4.69, 9.17) is 4.42 Å². The van der Waals surface area contributed by atoms with E-state index < -0.39 is 41.3 Å². The van der Waals surface area contributed by atoms with E-state index in [0.29, 0.717) is 12.1 Å². The molecular formula is C15H8F8N4O. The van der Waals surface area contributed by atoms with Gasteiger partial charge in [0.2, 0.25) is 0 Å². The lowest BCUT2D eigenvalue weighted by Gasteiger charge is -2.20. The third-order valence-electron chi connectivity index (χ3n) is 3.48. The molecular weight excluding hydrogens is 404 g/mol. The maximum Gasteiger partial charge on any atom is 0.459 e. The lowest BCUT2D eigenvalue weighted by atomic mass is 10.2. The number of rotatable bonds is 3. The van der Waals surface area contributed by atoms with E-state index in [2.05, 4.69) is 15.1 Å². The number of aromatic nitrogens is 4. The monoisotopic (exact) mass is 412 g/mol. The Morgan fingerprint density at radius 2 is 1.64 bits per heavy atom. The van der Waals surface area contributed by atoms with Crippen molar-refractivity contribution < 1.29 is 39.5 Å². The molecule has 0 spiro atoms. The zero-order chi connectivity index (χ0) is 20.9. The Morgan fingerprint density at radius 1 is 0.964 bits per heavy atom. The summed E-state index contributed by atoms with van der Waals surface area (Å²) in [6.07, 6.45) is -9.93. The highest BCUT2D eigenvalue weighted by atomic mass is 19.4.